The van der Waals surface area contributed by atoms with E-state index in [-0.39, 0.29) is 37.5 Å². The largest absolute Gasteiger partial charge is 0.524 e. The molecule has 5 N–H and O–H groups in total. The summed E-state index contributed by atoms with van der Waals surface area (Å²) in [4.78, 5) is 84.2. The molecule has 0 aliphatic carbocycles. The second-order valence-corrected chi connectivity index (χ2v) is 12.3. The predicted octanol–water partition coefficient (Wildman–Crippen LogP) is 2.01. The number of amides is 5. The number of benzene rings is 3. The third-order valence-corrected chi connectivity index (χ3v) is 8.26. The molecule has 2 saturated heterocycles. The van der Waals surface area contributed by atoms with E-state index in [1.165, 1.54) is 36.2 Å². The summed E-state index contributed by atoms with van der Waals surface area (Å²) < 4.78 is 15.6. The lowest BCUT2D eigenvalue weighted by atomic mass is 10.0. The Morgan fingerprint density at radius 2 is 1.72 bits per heavy atom. The van der Waals surface area contributed by atoms with Crippen molar-refractivity contribution in [3.05, 3.63) is 72.3 Å². The van der Waals surface area contributed by atoms with Crippen molar-refractivity contribution < 1.29 is 42.8 Å². The number of fused-ring (bicyclic) bond motifs is 2. The molecule has 3 aromatic rings. The van der Waals surface area contributed by atoms with Crippen molar-refractivity contribution in [3.8, 4) is 5.75 Å². The molecule has 0 radical (unpaired) electrons. The number of rotatable bonds is 9. The number of carbonyl (C=O) groups is 5. The molecule has 3 aromatic carbocycles. The van der Waals surface area contributed by atoms with Gasteiger partial charge in [-0.2, -0.15) is 0 Å². The quantitative estimate of drug-likeness (QED) is 0.215. The van der Waals surface area contributed by atoms with Crippen LogP contribution in [0.2, 0.25) is 0 Å². The van der Waals surface area contributed by atoms with Crippen LogP contribution in [0.5, 0.6) is 5.75 Å². The molecular formula is C31H34N5O9P. The maximum absolute atomic E-state index is 14.0. The summed E-state index contributed by atoms with van der Waals surface area (Å²) in [6, 6.07) is 15.3. The number of anilines is 1. The van der Waals surface area contributed by atoms with Crippen LogP contribution in [0.4, 0.5) is 5.69 Å². The van der Waals surface area contributed by atoms with Crippen LogP contribution in [0.1, 0.15) is 38.2 Å². The van der Waals surface area contributed by atoms with Gasteiger partial charge in [0.05, 0.1) is 0 Å². The van der Waals surface area contributed by atoms with Crippen LogP contribution in [-0.2, 0) is 35.0 Å². The van der Waals surface area contributed by atoms with Crippen LogP contribution in [0, 0.1) is 0 Å². The van der Waals surface area contributed by atoms with Gasteiger partial charge in [0.1, 0.15) is 23.9 Å². The maximum Gasteiger partial charge on any atom is 0.524 e. The molecule has 5 amide bonds. The molecule has 0 spiro atoms. The number of phosphoric ester groups is 1. The van der Waals surface area contributed by atoms with Gasteiger partial charge in [-0.15, -0.1) is 0 Å². The van der Waals surface area contributed by atoms with E-state index >= 15 is 0 Å². The normalized spacial score (nSPS) is 19.1. The van der Waals surface area contributed by atoms with Gasteiger partial charge in [0.2, 0.25) is 23.6 Å². The van der Waals surface area contributed by atoms with Crippen LogP contribution in [0.3, 0.4) is 0 Å². The second-order valence-electron chi connectivity index (χ2n) is 11.2. The Labute approximate surface area is 264 Å². The topological polar surface area (TPSA) is 195 Å². The molecule has 2 aliphatic rings. The smallest absolute Gasteiger partial charge is 0.404 e. The van der Waals surface area contributed by atoms with Crippen molar-refractivity contribution in [1.82, 2.24) is 20.7 Å². The zero-order valence-electron chi connectivity index (χ0n) is 24.9. The van der Waals surface area contributed by atoms with Crippen molar-refractivity contribution in [2.45, 2.75) is 57.2 Å². The van der Waals surface area contributed by atoms with E-state index in [0.717, 1.165) is 15.8 Å². The first-order valence-electron chi connectivity index (χ1n) is 14.7. The van der Waals surface area contributed by atoms with Gasteiger partial charge in [0, 0.05) is 37.4 Å². The second kappa shape index (κ2) is 13.7. The van der Waals surface area contributed by atoms with Gasteiger partial charge in [0.15, 0.2) is 0 Å². The van der Waals surface area contributed by atoms with E-state index < -0.39 is 49.6 Å². The predicted molar refractivity (Wildman–Crippen MR) is 166 cm³/mol. The van der Waals surface area contributed by atoms with Crippen LogP contribution in [0.15, 0.2) is 66.7 Å². The van der Waals surface area contributed by atoms with E-state index in [2.05, 4.69) is 20.5 Å². The average molecular weight is 652 g/mol. The number of hydrogen-bond acceptors (Lipinski definition) is 7. The summed E-state index contributed by atoms with van der Waals surface area (Å²) >= 11 is 0. The third kappa shape index (κ3) is 7.71. The Morgan fingerprint density at radius 3 is 2.43 bits per heavy atom. The first-order chi connectivity index (χ1) is 21.9. The molecule has 0 bridgehead atoms. The first-order valence-corrected chi connectivity index (χ1v) is 16.3. The van der Waals surface area contributed by atoms with E-state index in [4.69, 9.17) is 9.79 Å². The highest BCUT2D eigenvalue weighted by Crippen LogP contribution is 2.37. The minimum absolute atomic E-state index is 0.00469. The highest BCUT2D eigenvalue weighted by molar-refractivity contribution is 7.46. The summed E-state index contributed by atoms with van der Waals surface area (Å²) in [7, 11) is -4.76. The fourth-order valence-electron chi connectivity index (χ4n) is 5.74. The van der Waals surface area contributed by atoms with Crippen molar-refractivity contribution >= 4 is 53.8 Å². The summed E-state index contributed by atoms with van der Waals surface area (Å²) in [5.74, 6) is -2.69. The van der Waals surface area contributed by atoms with E-state index in [1.807, 2.05) is 36.4 Å². The van der Waals surface area contributed by atoms with Crippen LogP contribution < -0.4 is 20.5 Å². The molecule has 242 valence electrons. The minimum Gasteiger partial charge on any atom is -0.404 e. The molecule has 3 unspecified atom stereocenters. The molecule has 46 heavy (non-hydrogen) atoms. The Bertz CT molecular complexity index is 1700. The fourth-order valence-corrected chi connectivity index (χ4v) is 6.14. The molecule has 2 aliphatic heterocycles. The van der Waals surface area contributed by atoms with Gasteiger partial charge in [-0.05, 0) is 48.4 Å². The van der Waals surface area contributed by atoms with E-state index in [9.17, 15) is 28.5 Å². The highest BCUT2D eigenvalue weighted by atomic mass is 31.2. The van der Waals surface area contributed by atoms with Crippen LogP contribution in [-0.4, -0.2) is 74.0 Å². The maximum atomic E-state index is 14.0. The molecule has 15 heteroatoms. The Balaban J connectivity index is 1.33. The van der Waals surface area contributed by atoms with Crippen molar-refractivity contribution in [1.29, 1.82) is 0 Å². The highest BCUT2D eigenvalue weighted by Gasteiger charge is 2.45. The molecule has 5 rings (SSSR count). The molecule has 14 nitrogen and oxygen atoms in total. The first kappa shape index (κ1) is 32.6. The fraction of sp³-hybridized carbons (Fsp3) is 0.323. The summed E-state index contributed by atoms with van der Waals surface area (Å²) in [5, 5.41) is 12.4. The summed E-state index contributed by atoms with van der Waals surface area (Å²) in [6.45, 7) is 1.48. The molecule has 0 saturated carbocycles. The number of carbonyl (C=O) groups excluding carboxylic acids is 5. The lowest BCUT2D eigenvalue weighted by Gasteiger charge is -2.43. The van der Waals surface area contributed by atoms with Crippen molar-refractivity contribution in [3.63, 3.8) is 0 Å². The van der Waals surface area contributed by atoms with Gasteiger partial charge in [-0.1, -0.05) is 48.5 Å². The van der Waals surface area contributed by atoms with E-state index in [1.54, 1.807) is 6.07 Å². The Hall–Kier alpha value is -4.78. The minimum atomic E-state index is -4.76. The number of nitrogens with one attached hydrogen (secondary N) is 3. The Kier molecular flexibility index (Phi) is 9.71. The number of nitrogens with zero attached hydrogens (tertiary/aromatic N) is 2. The van der Waals surface area contributed by atoms with Gasteiger partial charge < -0.3 is 20.5 Å². The SMILES string of the molecule is CC(=O)NC(Cc1ccc(OP(=O)(O)O)cc1)C(=O)NC1CCC(=O)N2CCCC(C(=O)Nc3cccc4ccccc34)N2C1=O. The van der Waals surface area contributed by atoms with Gasteiger partial charge in [-0.3, -0.25) is 38.8 Å². The van der Waals surface area contributed by atoms with Gasteiger partial charge in [-0.25, -0.2) is 9.57 Å². The molecular weight excluding hydrogens is 617 g/mol. The van der Waals surface area contributed by atoms with Crippen LogP contribution in [0.25, 0.3) is 10.8 Å². The zero-order chi connectivity index (χ0) is 33.0. The van der Waals surface area contributed by atoms with Gasteiger partial charge >= 0.3 is 7.82 Å². The van der Waals surface area contributed by atoms with Gasteiger partial charge in [0.25, 0.3) is 5.91 Å². The lowest BCUT2D eigenvalue weighted by molar-refractivity contribution is -0.175. The standard InChI is InChI=1S/C31H34N5O9P/c1-19(37)32-26(18-20-11-13-22(14-12-20)45-46(42,43)44)29(39)34-25-15-16-28(38)35-17-5-10-27(36(35)31(25)41)30(40)33-24-9-4-7-21-6-2-3-8-23(21)24/h2-4,6-9,11-14,25-27H,5,10,15-18H2,1H3,(H,32,37)(H,33,40)(H,34,39)(H2,42,43,44). The number of phosphoric acid groups is 1. The molecule has 2 fully saturated rings. The molecule has 2 heterocycles. The summed E-state index contributed by atoms with van der Waals surface area (Å²) in [5.41, 5.74) is 1.10. The summed E-state index contributed by atoms with van der Waals surface area (Å²) in [6.07, 6.45) is 0.741. The lowest BCUT2D eigenvalue weighted by Crippen LogP contribution is -2.63. The van der Waals surface area contributed by atoms with Crippen molar-refractivity contribution in [2.24, 2.45) is 0 Å². The molecule has 3 atom stereocenters. The van der Waals surface area contributed by atoms with Crippen LogP contribution >= 0.6 is 7.82 Å². The number of hydrogen-bond donors (Lipinski definition) is 5. The average Bonchev–Trinajstić information content (AvgIpc) is 3.13. The molecule has 0 aromatic heterocycles. The number of hydrazine groups is 1. The monoisotopic (exact) mass is 651 g/mol. The van der Waals surface area contributed by atoms with E-state index in [0.29, 0.717) is 24.1 Å². The Morgan fingerprint density at radius 1 is 1.00 bits per heavy atom. The van der Waals surface area contributed by atoms with Crippen molar-refractivity contribution in [2.75, 3.05) is 11.9 Å². The third-order valence-electron chi connectivity index (χ3n) is 7.81. The zero-order valence-corrected chi connectivity index (χ0v) is 25.8.